The number of carbonyl (C=O) groups excluding carboxylic acids is 1. The Morgan fingerprint density at radius 1 is 1.20 bits per heavy atom. The molecule has 1 saturated carbocycles. The molecule has 2 bridgehead atoms. The highest BCUT2D eigenvalue weighted by atomic mass is 16.4. The second-order valence-electron chi connectivity index (χ2n) is 8.98. The fourth-order valence-electron chi connectivity index (χ4n) is 4.96. The Hall–Kier alpha value is -2.04. The maximum atomic E-state index is 13.0. The van der Waals surface area contributed by atoms with Crippen molar-refractivity contribution in [1.82, 2.24) is 9.80 Å². The number of hydrogen-bond acceptors (Lipinski definition) is 2. The van der Waals surface area contributed by atoms with Crippen LogP contribution in [0.1, 0.15) is 56.0 Å². The average Bonchev–Trinajstić information content (AvgIpc) is 2.76. The van der Waals surface area contributed by atoms with Gasteiger partial charge in [0.2, 0.25) is 0 Å². The van der Waals surface area contributed by atoms with Crippen molar-refractivity contribution in [2.24, 2.45) is 10.8 Å². The average molecular weight is 344 g/mol. The van der Waals surface area contributed by atoms with E-state index in [2.05, 4.69) is 25.7 Å². The maximum absolute atomic E-state index is 13.0. The molecule has 5 heteroatoms. The van der Waals surface area contributed by atoms with E-state index in [1.165, 1.54) is 18.4 Å². The lowest BCUT2D eigenvalue weighted by molar-refractivity contribution is 0.0708. The molecule has 0 aromatic heterocycles. The standard InChI is InChI=1S/C20H28N2O3/c1-19(2)9-16-10-20(3,12-19)13-22(16)17(23)15-7-5-14(6-8-15)11-21(4)18(24)25/h5-8,16H,9-13H2,1-4H3,(H,24,25). The number of fused-ring (bicyclic) bond motifs is 2. The van der Waals surface area contributed by atoms with E-state index in [-0.39, 0.29) is 16.7 Å². The van der Waals surface area contributed by atoms with Gasteiger partial charge in [0.05, 0.1) is 0 Å². The van der Waals surface area contributed by atoms with E-state index in [1.54, 1.807) is 0 Å². The normalized spacial score (nSPS) is 27.2. The first-order valence-corrected chi connectivity index (χ1v) is 8.93. The molecule has 0 radical (unpaired) electrons. The van der Waals surface area contributed by atoms with Crippen molar-refractivity contribution in [2.45, 2.75) is 52.6 Å². The number of nitrogens with zero attached hydrogens (tertiary/aromatic N) is 2. The molecule has 1 aromatic carbocycles. The van der Waals surface area contributed by atoms with Crippen LogP contribution in [0.2, 0.25) is 0 Å². The Bertz CT molecular complexity index is 683. The third-order valence-electron chi connectivity index (χ3n) is 5.62. The molecule has 3 rings (SSSR count). The molecule has 1 aliphatic heterocycles. The number of rotatable bonds is 3. The third kappa shape index (κ3) is 3.65. The Kier molecular flexibility index (Phi) is 4.30. The van der Waals surface area contributed by atoms with Gasteiger partial charge in [0, 0.05) is 31.7 Å². The number of carbonyl (C=O) groups is 2. The first kappa shape index (κ1) is 17.8. The minimum atomic E-state index is -0.958. The van der Waals surface area contributed by atoms with Gasteiger partial charge in [-0.2, -0.15) is 0 Å². The third-order valence-corrected chi connectivity index (χ3v) is 5.62. The van der Waals surface area contributed by atoms with Gasteiger partial charge < -0.3 is 14.9 Å². The summed E-state index contributed by atoms with van der Waals surface area (Å²) in [5.41, 5.74) is 2.09. The molecule has 1 aliphatic carbocycles. The van der Waals surface area contributed by atoms with Crippen molar-refractivity contribution >= 4 is 12.0 Å². The summed E-state index contributed by atoms with van der Waals surface area (Å²) < 4.78 is 0. The summed E-state index contributed by atoms with van der Waals surface area (Å²) in [6.45, 7) is 8.07. The van der Waals surface area contributed by atoms with Gasteiger partial charge in [0.15, 0.2) is 0 Å². The zero-order valence-corrected chi connectivity index (χ0v) is 15.6. The molecular formula is C20H28N2O3. The first-order valence-electron chi connectivity index (χ1n) is 8.93. The summed E-state index contributed by atoms with van der Waals surface area (Å²) >= 11 is 0. The number of likely N-dealkylation sites (tertiary alicyclic amines) is 1. The molecule has 5 nitrogen and oxygen atoms in total. The van der Waals surface area contributed by atoms with Crippen LogP contribution in [0.4, 0.5) is 4.79 Å². The van der Waals surface area contributed by atoms with Gasteiger partial charge in [-0.05, 0) is 47.8 Å². The summed E-state index contributed by atoms with van der Waals surface area (Å²) in [4.78, 5) is 27.2. The van der Waals surface area contributed by atoms with Crippen molar-refractivity contribution in [1.29, 1.82) is 0 Å². The zero-order chi connectivity index (χ0) is 18.4. The Morgan fingerprint density at radius 3 is 2.44 bits per heavy atom. The first-order chi connectivity index (χ1) is 11.6. The highest BCUT2D eigenvalue weighted by Gasteiger charge is 2.50. The second kappa shape index (κ2) is 6.04. The lowest BCUT2D eigenvalue weighted by Crippen LogP contribution is -2.37. The van der Waals surface area contributed by atoms with Gasteiger partial charge in [0.25, 0.3) is 5.91 Å². The highest BCUT2D eigenvalue weighted by Crippen LogP contribution is 2.52. The number of hydrogen-bond donors (Lipinski definition) is 1. The van der Waals surface area contributed by atoms with Crippen LogP contribution in [0, 0.1) is 10.8 Å². The summed E-state index contributed by atoms with van der Waals surface area (Å²) in [6.07, 6.45) is 2.38. The van der Waals surface area contributed by atoms with Gasteiger partial charge in [-0.15, -0.1) is 0 Å². The quantitative estimate of drug-likeness (QED) is 0.906. The van der Waals surface area contributed by atoms with Crippen LogP contribution in [0.3, 0.4) is 0 Å². The molecule has 25 heavy (non-hydrogen) atoms. The smallest absolute Gasteiger partial charge is 0.407 e. The fraction of sp³-hybridized carbons (Fsp3) is 0.600. The Labute approximate surface area is 149 Å². The van der Waals surface area contributed by atoms with Crippen molar-refractivity contribution in [3.8, 4) is 0 Å². The molecule has 2 amide bonds. The van der Waals surface area contributed by atoms with Gasteiger partial charge >= 0.3 is 6.09 Å². The fourth-order valence-corrected chi connectivity index (χ4v) is 4.96. The Morgan fingerprint density at radius 2 is 1.84 bits per heavy atom. The molecular weight excluding hydrogens is 316 g/mol. The molecule has 2 atom stereocenters. The topological polar surface area (TPSA) is 60.9 Å². The van der Waals surface area contributed by atoms with Crippen molar-refractivity contribution < 1.29 is 14.7 Å². The van der Waals surface area contributed by atoms with E-state index in [9.17, 15) is 9.59 Å². The maximum Gasteiger partial charge on any atom is 0.407 e. The van der Waals surface area contributed by atoms with Crippen LogP contribution in [0.25, 0.3) is 0 Å². The van der Waals surface area contributed by atoms with Crippen LogP contribution in [-0.2, 0) is 6.54 Å². The minimum absolute atomic E-state index is 0.101. The predicted octanol–water partition coefficient (Wildman–Crippen LogP) is 3.84. The second-order valence-corrected chi connectivity index (χ2v) is 8.98. The summed E-state index contributed by atoms with van der Waals surface area (Å²) in [6, 6.07) is 7.67. The molecule has 1 heterocycles. The Balaban J connectivity index is 1.73. The SMILES string of the molecule is CN(Cc1ccc(C(=O)N2CC3(C)CC2CC(C)(C)C3)cc1)C(=O)O. The van der Waals surface area contributed by atoms with E-state index in [1.807, 2.05) is 24.3 Å². The van der Waals surface area contributed by atoms with Crippen LogP contribution in [0.5, 0.6) is 0 Å². The van der Waals surface area contributed by atoms with E-state index in [0.717, 1.165) is 24.9 Å². The van der Waals surface area contributed by atoms with E-state index in [4.69, 9.17) is 5.11 Å². The summed E-state index contributed by atoms with van der Waals surface area (Å²) in [5.74, 6) is 0.101. The van der Waals surface area contributed by atoms with Gasteiger partial charge in [-0.3, -0.25) is 4.79 Å². The van der Waals surface area contributed by atoms with Crippen molar-refractivity contribution in [3.63, 3.8) is 0 Å². The lowest BCUT2D eigenvalue weighted by Gasteiger charge is -2.39. The van der Waals surface area contributed by atoms with Gasteiger partial charge in [0.1, 0.15) is 0 Å². The lowest BCUT2D eigenvalue weighted by atomic mass is 9.65. The summed E-state index contributed by atoms with van der Waals surface area (Å²) in [7, 11) is 1.54. The predicted molar refractivity (Wildman–Crippen MR) is 96.5 cm³/mol. The monoisotopic (exact) mass is 344 g/mol. The van der Waals surface area contributed by atoms with Crippen LogP contribution in [-0.4, -0.2) is 46.5 Å². The summed E-state index contributed by atoms with van der Waals surface area (Å²) in [5, 5.41) is 8.95. The molecule has 2 unspecified atom stereocenters. The molecule has 1 aromatic rings. The molecule has 2 aliphatic rings. The zero-order valence-electron chi connectivity index (χ0n) is 15.6. The van der Waals surface area contributed by atoms with Gasteiger partial charge in [-0.25, -0.2) is 4.79 Å². The highest BCUT2D eigenvalue weighted by molar-refractivity contribution is 5.94. The van der Waals surface area contributed by atoms with Crippen LogP contribution < -0.4 is 0 Å². The molecule has 0 spiro atoms. The van der Waals surface area contributed by atoms with Crippen molar-refractivity contribution in [2.75, 3.05) is 13.6 Å². The minimum Gasteiger partial charge on any atom is -0.465 e. The van der Waals surface area contributed by atoms with E-state index in [0.29, 0.717) is 18.2 Å². The number of benzene rings is 1. The van der Waals surface area contributed by atoms with Crippen LogP contribution in [0.15, 0.2) is 24.3 Å². The molecule has 2 fully saturated rings. The number of amides is 2. The van der Waals surface area contributed by atoms with E-state index >= 15 is 0 Å². The molecule has 1 saturated heterocycles. The van der Waals surface area contributed by atoms with E-state index < -0.39 is 6.09 Å². The number of carboxylic acid groups (broad SMARTS) is 1. The largest absolute Gasteiger partial charge is 0.465 e. The molecule has 136 valence electrons. The van der Waals surface area contributed by atoms with Gasteiger partial charge in [-0.1, -0.05) is 32.9 Å². The molecule has 1 N–H and O–H groups in total. The van der Waals surface area contributed by atoms with Crippen molar-refractivity contribution in [3.05, 3.63) is 35.4 Å². The van der Waals surface area contributed by atoms with Crippen LogP contribution >= 0.6 is 0 Å².